The molecule has 4 aliphatic carbocycles. The predicted molar refractivity (Wildman–Crippen MR) is 53.0 cm³/mol. The molecule has 2 bridgehead atoms. The largest absolute Gasteiger partial charge is 0.337 e. The van der Waals surface area contributed by atoms with Crippen molar-refractivity contribution in [2.24, 2.45) is 35.5 Å². The summed E-state index contributed by atoms with van der Waals surface area (Å²) < 4.78 is 6.04. The summed E-state index contributed by atoms with van der Waals surface area (Å²) in [6.45, 7) is 0. The lowest BCUT2D eigenvalue weighted by atomic mass is 9.80. The number of rotatable bonds is 0. The Hall–Kier alpha value is 0.540. The maximum absolute atomic E-state index is 6.62. The van der Waals surface area contributed by atoms with Gasteiger partial charge in [-0.25, -0.2) is 0 Å². The Labute approximate surface area is 93.1 Å². The Morgan fingerprint density at radius 2 is 1.36 bits per heavy atom. The fourth-order valence-electron chi connectivity index (χ4n) is 5.85. The summed E-state index contributed by atoms with van der Waals surface area (Å²) in [6.07, 6.45) is 3.56. The highest BCUT2D eigenvalue weighted by atomic mass is 35.5. The van der Waals surface area contributed by atoms with Crippen LogP contribution in [0.15, 0.2) is 0 Å². The molecule has 14 heavy (non-hydrogen) atoms. The Morgan fingerprint density at radius 1 is 0.857 bits per heavy atom. The van der Waals surface area contributed by atoms with Crippen LogP contribution in [0.4, 0.5) is 0 Å². The molecule has 0 N–H and O–H groups in total. The summed E-state index contributed by atoms with van der Waals surface area (Å²) in [4.78, 5) is 0. The second kappa shape index (κ2) is 1.78. The highest BCUT2D eigenvalue weighted by Crippen LogP contribution is 2.82. The predicted octanol–water partition coefficient (Wildman–Crippen LogP) is 2.81. The van der Waals surface area contributed by atoms with Gasteiger partial charge < -0.3 is 4.74 Å². The lowest BCUT2D eigenvalue weighted by Crippen LogP contribution is -2.27. The summed E-state index contributed by atoms with van der Waals surface area (Å²) >= 11 is 13.2. The van der Waals surface area contributed by atoms with Gasteiger partial charge in [0.15, 0.2) is 0 Å². The first-order valence-corrected chi connectivity index (χ1v) is 6.46. The molecule has 1 saturated heterocycles. The fraction of sp³-hybridized carbons (Fsp3) is 1.00. The van der Waals surface area contributed by atoms with Crippen LogP contribution in [0, 0.1) is 35.5 Å². The first-order chi connectivity index (χ1) is 6.62. The monoisotopic (exact) mass is 230 g/mol. The molecule has 4 saturated carbocycles. The Kier molecular flexibility index (Phi) is 0.989. The van der Waals surface area contributed by atoms with Crippen LogP contribution in [0.3, 0.4) is 0 Å². The molecule has 0 aromatic carbocycles. The summed E-state index contributed by atoms with van der Waals surface area (Å²) in [5.74, 6) is 4.60. The van der Waals surface area contributed by atoms with Crippen LogP contribution in [0.25, 0.3) is 0 Å². The van der Waals surface area contributed by atoms with Gasteiger partial charge in [0.25, 0.3) is 0 Å². The fourth-order valence-corrected chi connectivity index (χ4v) is 7.12. The van der Waals surface area contributed by atoms with Crippen molar-refractivity contribution in [1.29, 1.82) is 0 Å². The summed E-state index contributed by atoms with van der Waals surface area (Å²) in [5, 5.41) is -0.719. The smallest absolute Gasteiger partial charge is 0.147 e. The van der Waals surface area contributed by atoms with E-state index in [1.165, 1.54) is 6.42 Å². The Balaban J connectivity index is 1.86. The van der Waals surface area contributed by atoms with Gasteiger partial charge in [-0.15, -0.1) is 0 Å². The van der Waals surface area contributed by atoms with Gasteiger partial charge in [-0.1, -0.05) is 23.2 Å². The molecule has 0 unspecified atom stereocenters. The van der Waals surface area contributed by atoms with Gasteiger partial charge in [0, 0.05) is 11.8 Å². The van der Waals surface area contributed by atoms with E-state index in [0.29, 0.717) is 11.8 Å². The van der Waals surface area contributed by atoms with Gasteiger partial charge in [0.1, 0.15) is 10.1 Å². The van der Waals surface area contributed by atoms with E-state index >= 15 is 0 Å². The standard InChI is InChI=1S/C11H12Cl2O/c12-10-2-6-4-1-5-7(6)3-11(13,14-10)9(5)8(4)10/h4-9H,1-3H2/t4-,5-,6-,7-,8-,9-,10-,11+/m0/s1. The number of hydrogen-bond donors (Lipinski definition) is 0. The van der Waals surface area contributed by atoms with E-state index in [-0.39, 0.29) is 10.1 Å². The molecule has 0 radical (unpaired) electrons. The van der Waals surface area contributed by atoms with Gasteiger partial charge in [-0.05, 0) is 42.9 Å². The van der Waals surface area contributed by atoms with E-state index in [9.17, 15) is 0 Å². The maximum atomic E-state index is 6.62. The van der Waals surface area contributed by atoms with Gasteiger partial charge in [0.2, 0.25) is 0 Å². The lowest BCUT2D eigenvalue weighted by molar-refractivity contribution is -0.0159. The molecular formula is C11H12Cl2O. The van der Waals surface area contributed by atoms with Crippen LogP contribution in [0.5, 0.6) is 0 Å². The SMILES string of the molecule is Cl[C@]12C[C@@H]3[C@H]4C[C@](Cl)(O1)[C@H]1[C@H]4C[C@@H]3[C@@H]12. The molecule has 0 aromatic rings. The zero-order chi connectivity index (χ0) is 9.29. The third kappa shape index (κ3) is 0.522. The van der Waals surface area contributed by atoms with Crippen LogP contribution < -0.4 is 0 Å². The van der Waals surface area contributed by atoms with Crippen LogP contribution in [0.2, 0.25) is 0 Å². The van der Waals surface area contributed by atoms with Crippen molar-refractivity contribution in [3.05, 3.63) is 0 Å². The molecule has 5 rings (SSSR count). The van der Waals surface area contributed by atoms with E-state index in [1.807, 2.05) is 0 Å². The van der Waals surface area contributed by atoms with Gasteiger partial charge >= 0.3 is 0 Å². The van der Waals surface area contributed by atoms with Crippen LogP contribution in [0.1, 0.15) is 19.3 Å². The number of ether oxygens (including phenoxy) is 1. The van der Waals surface area contributed by atoms with Crippen molar-refractivity contribution < 1.29 is 4.74 Å². The third-order valence-electron chi connectivity index (χ3n) is 5.87. The van der Waals surface area contributed by atoms with Crippen LogP contribution in [-0.4, -0.2) is 10.1 Å². The molecular weight excluding hydrogens is 219 g/mol. The molecule has 5 aliphatic rings. The van der Waals surface area contributed by atoms with Crippen LogP contribution in [-0.2, 0) is 4.74 Å². The minimum absolute atomic E-state index is 0.359. The minimum atomic E-state index is -0.359. The van der Waals surface area contributed by atoms with Crippen molar-refractivity contribution in [2.75, 3.05) is 0 Å². The van der Waals surface area contributed by atoms with Gasteiger partial charge in [0.05, 0.1) is 0 Å². The normalized spacial score (nSPS) is 81.0. The van der Waals surface area contributed by atoms with Crippen molar-refractivity contribution >= 4 is 23.2 Å². The van der Waals surface area contributed by atoms with Crippen LogP contribution >= 0.6 is 23.2 Å². The Morgan fingerprint density at radius 3 is 1.86 bits per heavy atom. The quantitative estimate of drug-likeness (QED) is 0.582. The van der Waals surface area contributed by atoms with Crippen molar-refractivity contribution in [1.82, 2.24) is 0 Å². The average molecular weight is 231 g/mol. The molecule has 3 heteroatoms. The Bertz CT molecular complexity index is 323. The zero-order valence-electron chi connectivity index (χ0n) is 7.75. The number of alkyl halides is 2. The molecule has 1 aliphatic heterocycles. The zero-order valence-corrected chi connectivity index (χ0v) is 9.26. The summed E-state index contributed by atoms with van der Waals surface area (Å²) in [5.41, 5.74) is 0. The molecule has 1 heterocycles. The molecule has 5 fully saturated rings. The van der Waals surface area contributed by atoms with E-state index in [1.54, 1.807) is 0 Å². The van der Waals surface area contributed by atoms with Gasteiger partial charge in [-0.3, -0.25) is 0 Å². The maximum Gasteiger partial charge on any atom is 0.147 e. The van der Waals surface area contributed by atoms with Crippen molar-refractivity contribution in [2.45, 2.75) is 29.4 Å². The molecule has 0 spiro atoms. The second-order valence-electron chi connectivity index (χ2n) is 6.03. The topological polar surface area (TPSA) is 9.23 Å². The van der Waals surface area contributed by atoms with E-state index in [0.717, 1.165) is 36.5 Å². The molecule has 1 nitrogen and oxygen atoms in total. The molecule has 0 aromatic heterocycles. The number of hydrogen-bond acceptors (Lipinski definition) is 1. The third-order valence-corrected chi connectivity index (χ3v) is 6.83. The average Bonchev–Trinajstić information content (AvgIpc) is 2.69. The van der Waals surface area contributed by atoms with Crippen molar-refractivity contribution in [3.8, 4) is 0 Å². The first-order valence-electron chi connectivity index (χ1n) is 5.70. The van der Waals surface area contributed by atoms with Gasteiger partial charge in [-0.2, -0.15) is 0 Å². The highest BCUT2D eigenvalue weighted by Gasteiger charge is 2.82. The minimum Gasteiger partial charge on any atom is -0.337 e. The van der Waals surface area contributed by atoms with E-state index in [4.69, 9.17) is 27.9 Å². The summed E-state index contributed by atoms with van der Waals surface area (Å²) in [7, 11) is 0. The first kappa shape index (κ1) is 7.76. The molecule has 76 valence electrons. The number of fused-ring (bicyclic) bond motifs is 1. The lowest BCUT2D eigenvalue weighted by Gasteiger charge is -2.24. The molecule has 8 atom stereocenters. The van der Waals surface area contributed by atoms with E-state index in [2.05, 4.69) is 0 Å². The van der Waals surface area contributed by atoms with Crippen molar-refractivity contribution in [3.63, 3.8) is 0 Å². The highest BCUT2D eigenvalue weighted by molar-refractivity contribution is 6.27. The number of halogens is 2. The second-order valence-corrected chi connectivity index (χ2v) is 7.30. The van der Waals surface area contributed by atoms with E-state index < -0.39 is 0 Å². The summed E-state index contributed by atoms with van der Waals surface area (Å²) in [6, 6.07) is 0. The molecule has 0 amide bonds.